The lowest BCUT2D eigenvalue weighted by Gasteiger charge is -2.27. The minimum atomic E-state index is -1.85. The van der Waals surface area contributed by atoms with Crippen molar-refractivity contribution in [3.63, 3.8) is 0 Å². The van der Waals surface area contributed by atoms with Gasteiger partial charge in [-0.05, 0) is 55.1 Å². The fourth-order valence-corrected chi connectivity index (χ4v) is 7.67. The van der Waals surface area contributed by atoms with Crippen molar-refractivity contribution < 1.29 is 4.74 Å². The molecule has 2 aromatic rings. The summed E-state index contributed by atoms with van der Waals surface area (Å²) in [5, 5.41) is 2.67. The van der Waals surface area contributed by atoms with E-state index in [1.807, 2.05) is 0 Å². The van der Waals surface area contributed by atoms with E-state index in [-0.39, 0.29) is 5.60 Å². The molecule has 0 saturated heterocycles. The van der Waals surface area contributed by atoms with Gasteiger partial charge < -0.3 is 4.74 Å². The van der Waals surface area contributed by atoms with Gasteiger partial charge in [0, 0.05) is 12.1 Å². The first-order chi connectivity index (χ1) is 12.8. The zero-order chi connectivity index (χ0) is 19.5. The maximum Gasteiger partial charge on any atom is 0.164 e. The Hall–Kier alpha value is -1.09. The number of ether oxygens (including phenoxy) is 1. The van der Waals surface area contributed by atoms with Crippen LogP contribution >= 0.6 is 11.1 Å². The zero-order valence-corrected chi connectivity index (χ0v) is 19.0. The number of halogens is 1. The fraction of sp³-hybridized carbons (Fsp3) is 0.500. The Labute approximate surface area is 170 Å². The first kappa shape index (κ1) is 20.6. The third-order valence-electron chi connectivity index (χ3n) is 5.54. The summed E-state index contributed by atoms with van der Waals surface area (Å²) >= 11 is 7.18. The fourth-order valence-electron chi connectivity index (χ4n) is 4.05. The van der Waals surface area contributed by atoms with Gasteiger partial charge in [0.2, 0.25) is 0 Å². The van der Waals surface area contributed by atoms with Gasteiger partial charge in [0.1, 0.15) is 0 Å². The summed E-state index contributed by atoms with van der Waals surface area (Å²) in [6.45, 7) is 9.57. The van der Waals surface area contributed by atoms with Crippen molar-refractivity contribution in [1.29, 1.82) is 0 Å². The highest BCUT2D eigenvalue weighted by atomic mass is 35.6. The molecular weight excluding hydrogens is 368 g/mol. The zero-order valence-electron chi connectivity index (χ0n) is 17.2. The normalized spacial score (nSPS) is 18.6. The Morgan fingerprint density at radius 3 is 2.52 bits per heavy atom. The maximum absolute atomic E-state index is 7.18. The van der Waals surface area contributed by atoms with Crippen molar-refractivity contribution in [2.24, 2.45) is 0 Å². The summed E-state index contributed by atoms with van der Waals surface area (Å²) in [4.78, 5) is 0. The Morgan fingerprint density at radius 2 is 1.74 bits per heavy atom. The van der Waals surface area contributed by atoms with E-state index in [1.165, 1.54) is 47.2 Å². The van der Waals surface area contributed by atoms with Crippen LogP contribution in [0.5, 0.6) is 0 Å². The molecule has 2 aromatic carbocycles. The van der Waals surface area contributed by atoms with E-state index in [0.29, 0.717) is 5.54 Å². The van der Waals surface area contributed by atoms with Crippen LogP contribution in [0.1, 0.15) is 63.1 Å². The molecule has 0 amide bonds. The van der Waals surface area contributed by atoms with Gasteiger partial charge in [-0.2, -0.15) is 11.1 Å². The van der Waals surface area contributed by atoms with Gasteiger partial charge in [0.15, 0.2) is 7.38 Å². The van der Waals surface area contributed by atoms with Gasteiger partial charge in [0.05, 0.1) is 5.60 Å². The molecule has 27 heavy (non-hydrogen) atoms. The molecule has 1 aliphatic carbocycles. The minimum Gasteiger partial charge on any atom is -0.376 e. The van der Waals surface area contributed by atoms with E-state index in [1.54, 1.807) is 0 Å². The van der Waals surface area contributed by atoms with Crippen LogP contribution < -0.4 is 0 Å². The molecule has 0 saturated carbocycles. The van der Waals surface area contributed by atoms with E-state index in [9.17, 15) is 0 Å². The van der Waals surface area contributed by atoms with Crippen molar-refractivity contribution in [3.8, 4) is 0 Å². The number of hydrogen-bond acceptors (Lipinski definition) is 1. The van der Waals surface area contributed by atoms with Gasteiger partial charge in [0.25, 0.3) is 0 Å². The number of benzene rings is 2. The predicted molar refractivity (Wildman–Crippen MR) is 122 cm³/mol. The first-order valence-electron chi connectivity index (χ1n) is 10.3. The largest absolute Gasteiger partial charge is 0.376 e. The van der Waals surface area contributed by atoms with Gasteiger partial charge in [-0.25, -0.2) is 0 Å². The molecule has 2 atom stereocenters. The number of hydrogen-bond donors (Lipinski definition) is 0. The molecule has 3 heteroatoms. The highest BCUT2D eigenvalue weighted by Gasteiger charge is 2.37. The van der Waals surface area contributed by atoms with Crippen molar-refractivity contribution >= 4 is 35.3 Å². The second-order valence-corrected chi connectivity index (χ2v) is 15.3. The average Bonchev–Trinajstić information content (AvgIpc) is 3.05. The Bertz CT molecular complexity index is 804. The molecule has 1 nitrogen and oxygen atoms in total. The lowest BCUT2D eigenvalue weighted by atomic mass is 10.0. The van der Waals surface area contributed by atoms with Crippen LogP contribution in [-0.2, 0) is 4.74 Å². The van der Waals surface area contributed by atoms with Crippen LogP contribution in [0.3, 0.4) is 0 Å². The van der Waals surface area contributed by atoms with Crippen LogP contribution in [0.25, 0.3) is 16.8 Å². The standard InChI is InChI=1S/C24H33ClOSi/c1-24(2,3)26-17-9-5-6-10-18-27(4,25)23-16-15-21-20-12-8-7-11-19(20)13-14-22(21)23/h7-8,11-16,23H,5-6,9-10,17-18H2,1-4H3. The SMILES string of the molecule is CC(C)(C)OCCCCCC[Si](C)(Cl)C1C=Cc2c1ccc1ccccc21. The lowest BCUT2D eigenvalue weighted by Crippen LogP contribution is -2.30. The summed E-state index contributed by atoms with van der Waals surface area (Å²) in [5.74, 6) is 0. The molecule has 0 radical (unpaired) electrons. The lowest BCUT2D eigenvalue weighted by molar-refractivity contribution is -0.00471. The van der Waals surface area contributed by atoms with Crippen LogP contribution in [0.15, 0.2) is 42.5 Å². The van der Waals surface area contributed by atoms with Crippen molar-refractivity contribution in [2.75, 3.05) is 6.61 Å². The minimum absolute atomic E-state index is 0.0198. The number of unbranched alkanes of at least 4 members (excludes halogenated alkanes) is 3. The molecule has 1 aliphatic rings. The van der Waals surface area contributed by atoms with E-state index in [0.717, 1.165) is 13.0 Å². The third-order valence-corrected chi connectivity index (χ3v) is 9.94. The van der Waals surface area contributed by atoms with Crippen molar-refractivity contribution in [1.82, 2.24) is 0 Å². The molecular formula is C24H33ClOSi. The highest BCUT2D eigenvalue weighted by Crippen LogP contribution is 2.43. The maximum atomic E-state index is 7.18. The number of rotatable bonds is 8. The van der Waals surface area contributed by atoms with Crippen LogP contribution in [0.4, 0.5) is 0 Å². The molecule has 0 bridgehead atoms. The Kier molecular flexibility index (Phi) is 6.50. The number of fused-ring (bicyclic) bond motifs is 3. The molecule has 2 unspecified atom stereocenters. The summed E-state index contributed by atoms with van der Waals surface area (Å²) in [6.07, 6.45) is 9.54. The quantitative estimate of drug-likeness (QED) is 0.251. The van der Waals surface area contributed by atoms with E-state index in [4.69, 9.17) is 15.8 Å². The van der Waals surface area contributed by atoms with Crippen molar-refractivity contribution in [2.45, 2.75) is 70.2 Å². The molecule has 0 N–H and O–H groups in total. The molecule has 0 spiro atoms. The molecule has 146 valence electrons. The predicted octanol–water partition coefficient (Wildman–Crippen LogP) is 7.68. The van der Waals surface area contributed by atoms with Crippen LogP contribution in [0, 0.1) is 0 Å². The monoisotopic (exact) mass is 400 g/mol. The molecule has 0 aliphatic heterocycles. The van der Waals surface area contributed by atoms with E-state index >= 15 is 0 Å². The van der Waals surface area contributed by atoms with Crippen molar-refractivity contribution in [3.05, 3.63) is 53.6 Å². The molecule has 0 fully saturated rings. The van der Waals surface area contributed by atoms with Gasteiger partial charge in [-0.3, -0.25) is 0 Å². The summed E-state index contributed by atoms with van der Waals surface area (Å²) in [5.41, 5.74) is 3.24. The Morgan fingerprint density at radius 1 is 1.00 bits per heavy atom. The molecule has 0 heterocycles. The smallest absolute Gasteiger partial charge is 0.164 e. The average molecular weight is 401 g/mol. The van der Waals surface area contributed by atoms with E-state index < -0.39 is 7.38 Å². The van der Waals surface area contributed by atoms with Crippen LogP contribution in [-0.4, -0.2) is 19.6 Å². The van der Waals surface area contributed by atoms with Gasteiger partial charge in [-0.1, -0.05) is 74.4 Å². The summed E-state index contributed by atoms with van der Waals surface area (Å²) < 4.78 is 5.81. The molecule has 3 rings (SSSR count). The highest BCUT2D eigenvalue weighted by molar-refractivity contribution is 7.20. The third kappa shape index (κ3) is 5.25. The first-order valence-corrected chi connectivity index (χ1v) is 14.1. The summed E-state index contributed by atoms with van der Waals surface area (Å²) in [6, 6.07) is 14.4. The topological polar surface area (TPSA) is 9.23 Å². The van der Waals surface area contributed by atoms with Gasteiger partial charge in [-0.15, -0.1) is 0 Å². The second-order valence-electron chi connectivity index (χ2n) is 9.03. The van der Waals surface area contributed by atoms with Gasteiger partial charge >= 0.3 is 0 Å². The van der Waals surface area contributed by atoms with E-state index in [2.05, 4.69) is 75.9 Å². The summed E-state index contributed by atoms with van der Waals surface area (Å²) in [7, 11) is -1.85. The number of allylic oxidation sites excluding steroid dienone is 1. The van der Waals surface area contributed by atoms with Crippen LogP contribution in [0.2, 0.25) is 12.6 Å². The Balaban J connectivity index is 1.53. The second kappa shape index (κ2) is 8.51. The molecule has 0 aromatic heterocycles.